The summed E-state index contributed by atoms with van der Waals surface area (Å²) in [5, 5.41) is 3.89. The number of nitrogens with zero attached hydrogens (tertiary/aromatic N) is 1. The quantitative estimate of drug-likeness (QED) is 0.826. The van der Waals surface area contributed by atoms with Gasteiger partial charge in [-0.15, -0.1) is 0 Å². The van der Waals surface area contributed by atoms with Crippen LogP contribution in [-0.4, -0.2) is 36.6 Å². The maximum absolute atomic E-state index is 3.89. The van der Waals surface area contributed by atoms with Crippen LogP contribution in [0.15, 0.2) is 0 Å². The van der Waals surface area contributed by atoms with Crippen LogP contribution < -0.4 is 5.32 Å². The summed E-state index contributed by atoms with van der Waals surface area (Å²) in [4.78, 5) is 2.65. The fraction of sp³-hybridized carbons (Fsp3) is 1.00. The van der Waals surface area contributed by atoms with Gasteiger partial charge in [0.1, 0.15) is 0 Å². The molecule has 3 atom stereocenters. The van der Waals surface area contributed by atoms with E-state index < -0.39 is 0 Å². The molecule has 2 heteroatoms. The van der Waals surface area contributed by atoms with Crippen LogP contribution in [0.2, 0.25) is 0 Å². The molecule has 0 aromatic rings. The highest BCUT2D eigenvalue weighted by molar-refractivity contribution is 4.82. The molecule has 1 saturated heterocycles. The number of hydrogen-bond acceptors (Lipinski definition) is 2. The third kappa shape index (κ3) is 4.55. The fourth-order valence-corrected chi connectivity index (χ4v) is 4.07. The van der Waals surface area contributed by atoms with Crippen molar-refractivity contribution in [2.24, 2.45) is 11.8 Å². The van der Waals surface area contributed by atoms with Gasteiger partial charge in [0.05, 0.1) is 0 Å². The molecule has 1 aliphatic carbocycles. The summed E-state index contributed by atoms with van der Waals surface area (Å²) in [6.45, 7) is 11.1. The second-order valence-corrected chi connectivity index (χ2v) is 7.04. The summed E-state index contributed by atoms with van der Waals surface area (Å²) < 4.78 is 0. The van der Waals surface area contributed by atoms with Crippen molar-refractivity contribution in [3.8, 4) is 0 Å². The first-order chi connectivity index (χ1) is 8.63. The van der Waals surface area contributed by atoms with E-state index >= 15 is 0 Å². The molecular weight excluding hydrogens is 220 g/mol. The molecule has 1 aliphatic heterocycles. The lowest BCUT2D eigenvalue weighted by Crippen LogP contribution is -2.47. The Bertz CT molecular complexity index is 225. The Morgan fingerprint density at radius 1 is 1.00 bits per heavy atom. The fourth-order valence-electron chi connectivity index (χ4n) is 4.07. The summed E-state index contributed by atoms with van der Waals surface area (Å²) in [7, 11) is 0. The predicted octanol–water partition coefficient (Wildman–Crippen LogP) is 3.28. The minimum Gasteiger partial charge on any atom is -0.310 e. The number of hydrogen-bond donors (Lipinski definition) is 1. The highest BCUT2D eigenvalue weighted by Gasteiger charge is 2.25. The minimum atomic E-state index is 0.658. The molecule has 2 aliphatic rings. The third-order valence-electron chi connectivity index (χ3n) is 4.68. The zero-order valence-corrected chi connectivity index (χ0v) is 12.6. The molecule has 1 N–H and O–H groups in total. The molecule has 0 radical (unpaired) electrons. The molecule has 3 unspecified atom stereocenters. The van der Waals surface area contributed by atoms with E-state index in [-0.39, 0.29) is 0 Å². The van der Waals surface area contributed by atoms with Crippen molar-refractivity contribution in [2.45, 2.75) is 71.4 Å². The van der Waals surface area contributed by atoms with E-state index in [1.54, 1.807) is 0 Å². The van der Waals surface area contributed by atoms with Gasteiger partial charge in [-0.2, -0.15) is 0 Å². The van der Waals surface area contributed by atoms with Gasteiger partial charge in [-0.25, -0.2) is 0 Å². The zero-order chi connectivity index (χ0) is 13.0. The normalized spacial score (nSPS) is 36.5. The van der Waals surface area contributed by atoms with Gasteiger partial charge >= 0.3 is 0 Å². The van der Waals surface area contributed by atoms with Gasteiger partial charge < -0.3 is 10.2 Å². The van der Waals surface area contributed by atoms with Crippen molar-refractivity contribution in [1.29, 1.82) is 0 Å². The summed E-state index contributed by atoms with van der Waals surface area (Å²) in [5.74, 6) is 1.82. The smallest absolute Gasteiger partial charge is 0.0169 e. The van der Waals surface area contributed by atoms with Crippen LogP contribution in [0.1, 0.15) is 59.3 Å². The van der Waals surface area contributed by atoms with E-state index in [1.807, 2.05) is 0 Å². The van der Waals surface area contributed by atoms with Gasteiger partial charge in [0.15, 0.2) is 0 Å². The Hall–Kier alpha value is -0.0800. The first-order valence-corrected chi connectivity index (χ1v) is 8.12. The molecule has 0 bridgehead atoms. The van der Waals surface area contributed by atoms with Crippen LogP contribution >= 0.6 is 0 Å². The highest BCUT2D eigenvalue weighted by atomic mass is 15.2. The van der Waals surface area contributed by atoms with Gasteiger partial charge in [-0.05, 0) is 64.0 Å². The maximum Gasteiger partial charge on any atom is 0.0169 e. The predicted molar refractivity (Wildman–Crippen MR) is 78.9 cm³/mol. The van der Waals surface area contributed by atoms with Crippen LogP contribution in [0, 0.1) is 11.8 Å². The zero-order valence-electron chi connectivity index (χ0n) is 12.6. The number of likely N-dealkylation sites (tertiary alicyclic amines) is 1. The van der Waals surface area contributed by atoms with E-state index in [2.05, 4.69) is 31.0 Å². The number of piperidine rings is 1. The first kappa shape index (κ1) is 14.3. The van der Waals surface area contributed by atoms with E-state index in [1.165, 1.54) is 58.2 Å². The average Bonchev–Trinajstić information content (AvgIpc) is 2.28. The number of nitrogens with one attached hydrogen (secondary N) is 1. The minimum absolute atomic E-state index is 0.658. The van der Waals surface area contributed by atoms with Crippen molar-refractivity contribution in [1.82, 2.24) is 10.2 Å². The second-order valence-electron chi connectivity index (χ2n) is 7.04. The topological polar surface area (TPSA) is 15.3 Å². The largest absolute Gasteiger partial charge is 0.310 e. The molecule has 1 heterocycles. The molecular formula is C16H32N2. The molecule has 18 heavy (non-hydrogen) atoms. The van der Waals surface area contributed by atoms with E-state index in [0.29, 0.717) is 6.04 Å². The van der Waals surface area contributed by atoms with Crippen molar-refractivity contribution in [3.05, 3.63) is 0 Å². The molecule has 0 amide bonds. The van der Waals surface area contributed by atoms with Crippen molar-refractivity contribution in [3.63, 3.8) is 0 Å². The van der Waals surface area contributed by atoms with Crippen LogP contribution in [0.5, 0.6) is 0 Å². The molecule has 0 aromatic heterocycles. The summed E-state index contributed by atoms with van der Waals surface area (Å²) >= 11 is 0. The van der Waals surface area contributed by atoms with Gasteiger partial charge in [0.25, 0.3) is 0 Å². The molecule has 2 rings (SSSR count). The SMILES string of the molecule is CC1CC(C)CC(NC(C)CN2CCCCC2)C1. The third-order valence-corrected chi connectivity index (χ3v) is 4.68. The molecule has 2 nitrogen and oxygen atoms in total. The van der Waals surface area contributed by atoms with E-state index in [9.17, 15) is 0 Å². The Morgan fingerprint density at radius 3 is 2.22 bits per heavy atom. The van der Waals surface area contributed by atoms with Gasteiger partial charge in [0, 0.05) is 18.6 Å². The van der Waals surface area contributed by atoms with Crippen LogP contribution in [0.25, 0.3) is 0 Å². The molecule has 1 saturated carbocycles. The summed E-state index contributed by atoms with van der Waals surface area (Å²) in [5.41, 5.74) is 0. The van der Waals surface area contributed by atoms with E-state index in [4.69, 9.17) is 0 Å². The maximum atomic E-state index is 3.89. The van der Waals surface area contributed by atoms with Crippen molar-refractivity contribution < 1.29 is 0 Å². The van der Waals surface area contributed by atoms with Crippen LogP contribution in [0.4, 0.5) is 0 Å². The highest BCUT2D eigenvalue weighted by Crippen LogP contribution is 2.28. The number of rotatable bonds is 4. The lowest BCUT2D eigenvalue weighted by Gasteiger charge is -2.36. The van der Waals surface area contributed by atoms with Gasteiger partial charge in [0.2, 0.25) is 0 Å². The summed E-state index contributed by atoms with van der Waals surface area (Å²) in [6, 6.07) is 1.43. The lowest BCUT2D eigenvalue weighted by molar-refractivity contribution is 0.182. The Morgan fingerprint density at radius 2 is 1.61 bits per heavy atom. The average molecular weight is 252 g/mol. The van der Waals surface area contributed by atoms with Crippen molar-refractivity contribution >= 4 is 0 Å². The van der Waals surface area contributed by atoms with Crippen LogP contribution in [0.3, 0.4) is 0 Å². The van der Waals surface area contributed by atoms with Gasteiger partial charge in [-0.1, -0.05) is 20.3 Å². The second kappa shape index (κ2) is 6.91. The Labute approximate surface area is 114 Å². The first-order valence-electron chi connectivity index (χ1n) is 8.12. The Balaban J connectivity index is 1.70. The van der Waals surface area contributed by atoms with Crippen molar-refractivity contribution in [2.75, 3.05) is 19.6 Å². The van der Waals surface area contributed by atoms with E-state index in [0.717, 1.165) is 17.9 Å². The standard InChI is InChI=1S/C16H32N2/c1-13-9-14(2)11-16(10-13)17-15(3)12-18-7-5-4-6-8-18/h13-17H,4-12H2,1-3H3. The molecule has 2 fully saturated rings. The molecule has 0 spiro atoms. The van der Waals surface area contributed by atoms with Gasteiger partial charge in [-0.3, -0.25) is 0 Å². The van der Waals surface area contributed by atoms with Crippen LogP contribution in [-0.2, 0) is 0 Å². The molecule has 106 valence electrons. The monoisotopic (exact) mass is 252 g/mol. The Kier molecular flexibility index (Phi) is 5.50. The lowest BCUT2D eigenvalue weighted by atomic mass is 9.80. The summed E-state index contributed by atoms with van der Waals surface area (Å²) in [6.07, 6.45) is 8.45. The molecule has 0 aromatic carbocycles.